The normalized spacial score (nSPS) is 12.6. The van der Waals surface area contributed by atoms with E-state index >= 15 is 0 Å². The fourth-order valence-electron chi connectivity index (χ4n) is 0.911. The molecule has 0 atom stereocenters. The van der Waals surface area contributed by atoms with Gasteiger partial charge in [-0.3, -0.25) is 4.72 Å². The Hall–Kier alpha value is -0.660. The Kier molecular flexibility index (Phi) is 3.61. The summed E-state index contributed by atoms with van der Waals surface area (Å²) in [5, 5.41) is -0.183. The van der Waals surface area contributed by atoms with Crippen LogP contribution in [-0.2, 0) is 15.4 Å². The van der Waals surface area contributed by atoms with E-state index in [2.05, 4.69) is 0 Å². The van der Waals surface area contributed by atoms with Crippen molar-refractivity contribution in [2.24, 2.45) is 0 Å². The van der Waals surface area contributed by atoms with Gasteiger partial charge in [-0.2, -0.15) is 21.6 Å². The van der Waals surface area contributed by atoms with Crippen LogP contribution in [0.1, 0.15) is 5.56 Å². The molecule has 0 bridgehead atoms. The summed E-state index contributed by atoms with van der Waals surface area (Å²) in [7, 11) is 0.636. The molecule has 0 fully saturated rings. The lowest BCUT2D eigenvalue weighted by Crippen LogP contribution is -2.09. The summed E-state index contributed by atoms with van der Waals surface area (Å²) in [6.45, 7) is 0. The van der Waals surface area contributed by atoms with Gasteiger partial charge < -0.3 is 0 Å². The van der Waals surface area contributed by atoms with Crippen LogP contribution in [0, 0.1) is 0 Å². The number of anilines is 1. The Balaban J connectivity index is 3.20. The van der Waals surface area contributed by atoms with E-state index in [1.165, 1.54) is 0 Å². The largest absolute Gasteiger partial charge is 0.416 e. The summed E-state index contributed by atoms with van der Waals surface area (Å²) in [5.74, 6) is 0. The lowest BCUT2D eigenvalue weighted by molar-refractivity contribution is -0.137. The number of alkyl halides is 3. The van der Waals surface area contributed by atoms with Crippen molar-refractivity contribution in [3.05, 3.63) is 28.8 Å². The van der Waals surface area contributed by atoms with Crippen molar-refractivity contribution in [2.75, 3.05) is 4.72 Å². The SMILES string of the molecule is O=S(=O)(Cl)Nc1cc(C(F)(F)F)ccc1Cl. The van der Waals surface area contributed by atoms with Crippen molar-refractivity contribution in [1.82, 2.24) is 0 Å². The Morgan fingerprint density at radius 3 is 2.25 bits per heavy atom. The Labute approximate surface area is 98.7 Å². The molecule has 16 heavy (non-hydrogen) atoms. The molecule has 0 spiro atoms. The smallest absolute Gasteiger partial charge is 0.269 e. The minimum absolute atomic E-state index is 0.183. The van der Waals surface area contributed by atoms with Crippen LogP contribution in [0.3, 0.4) is 0 Å². The Morgan fingerprint density at radius 1 is 1.25 bits per heavy atom. The number of halogens is 5. The molecule has 1 N–H and O–H groups in total. The lowest BCUT2D eigenvalue weighted by atomic mass is 10.2. The number of benzene rings is 1. The Morgan fingerprint density at radius 2 is 1.81 bits per heavy atom. The number of hydrogen-bond acceptors (Lipinski definition) is 2. The zero-order valence-corrected chi connectivity index (χ0v) is 9.67. The van der Waals surface area contributed by atoms with Gasteiger partial charge in [-0.1, -0.05) is 11.6 Å². The van der Waals surface area contributed by atoms with E-state index in [0.29, 0.717) is 6.07 Å². The fourth-order valence-corrected chi connectivity index (χ4v) is 1.81. The maximum absolute atomic E-state index is 12.3. The minimum Gasteiger partial charge on any atom is -0.269 e. The van der Waals surface area contributed by atoms with Gasteiger partial charge in [0, 0.05) is 10.7 Å². The van der Waals surface area contributed by atoms with Crippen molar-refractivity contribution < 1.29 is 21.6 Å². The number of rotatable bonds is 2. The van der Waals surface area contributed by atoms with E-state index in [1.54, 1.807) is 4.72 Å². The third-order valence-corrected chi connectivity index (χ3v) is 2.55. The third-order valence-electron chi connectivity index (χ3n) is 1.53. The van der Waals surface area contributed by atoms with Crippen molar-refractivity contribution in [3.8, 4) is 0 Å². The zero-order valence-electron chi connectivity index (χ0n) is 7.35. The van der Waals surface area contributed by atoms with Crippen molar-refractivity contribution >= 4 is 37.2 Å². The molecular formula is C7H4Cl2F3NO2S. The predicted octanol–water partition coefficient (Wildman–Crippen LogP) is 3.25. The molecule has 90 valence electrons. The summed E-state index contributed by atoms with van der Waals surface area (Å²) in [5.41, 5.74) is -1.45. The van der Waals surface area contributed by atoms with E-state index in [-0.39, 0.29) is 5.02 Å². The van der Waals surface area contributed by atoms with E-state index < -0.39 is 26.7 Å². The molecule has 0 saturated heterocycles. The van der Waals surface area contributed by atoms with Crippen molar-refractivity contribution in [2.45, 2.75) is 6.18 Å². The zero-order chi connectivity index (χ0) is 12.6. The van der Waals surface area contributed by atoms with Gasteiger partial charge in [-0.15, -0.1) is 0 Å². The van der Waals surface area contributed by atoms with Gasteiger partial charge in [-0.25, -0.2) is 0 Å². The minimum atomic E-state index is -4.59. The van der Waals surface area contributed by atoms with Gasteiger partial charge in [0.2, 0.25) is 0 Å². The molecule has 3 nitrogen and oxygen atoms in total. The summed E-state index contributed by atoms with van der Waals surface area (Å²) < 4.78 is 59.8. The maximum atomic E-state index is 12.3. The van der Waals surface area contributed by atoms with Crippen molar-refractivity contribution in [3.63, 3.8) is 0 Å². The molecule has 0 aliphatic carbocycles. The molecule has 1 aromatic rings. The molecule has 0 unspecified atom stereocenters. The van der Waals surface area contributed by atoms with E-state index in [9.17, 15) is 21.6 Å². The maximum Gasteiger partial charge on any atom is 0.416 e. The quantitative estimate of drug-likeness (QED) is 0.851. The molecule has 0 heterocycles. The second-order valence-electron chi connectivity index (χ2n) is 2.73. The summed E-state index contributed by atoms with van der Waals surface area (Å²) >= 11 is 5.50. The standard InChI is InChI=1S/C7H4Cl2F3NO2S/c8-5-2-1-4(7(10,11)12)3-6(5)13-16(9,14)15/h1-3,13H. The van der Waals surface area contributed by atoms with Gasteiger partial charge in [0.25, 0.3) is 0 Å². The molecular weight excluding hydrogens is 290 g/mol. The average molecular weight is 294 g/mol. The van der Waals surface area contributed by atoms with Gasteiger partial charge >= 0.3 is 15.4 Å². The molecule has 1 rings (SSSR count). The van der Waals surface area contributed by atoms with Crippen LogP contribution in [-0.4, -0.2) is 8.42 Å². The highest BCUT2D eigenvalue weighted by molar-refractivity contribution is 8.14. The van der Waals surface area contributed by atoms with Gasteiger partial charge in [-0.05, 0) is 18.2 Å². The molecule has 0 aromatic heterocycles. The van der Waals surface area contributed by atoms with Crippen LogP contribution in [0.5, 0.6) is 0 Å². The highest BCUT2D eigenvalue weighted by Gasteiger charge is 2.31. The van der Waals surface area contributed by atoms with Crippen LogP contribution in [0.25, 0.3) is 0 Å². The topological polar surface area (TPSA) is 46.2 Å². The first-order valence-electron chi connectivity index (χ1n) is 3.69. The van der Waals surface area contributed by atoms with Gasteiger partial charge in [0.1, 0.15) is 0 Å². The molecule has 0 radical (unpaired) electrons. The molecule has 0 aliphatic rings. The second kappa shape index (κ2) is 4.31. The fraction of sp³-hybridized carbons (Fsp3) is 0.143. The summed E-state index contributed by atoms with van der Waals surface area (Å²) in [4.78, 5) is 0. The number of hydrogen-bond donors (Lipinski definition) is 1. The van der Waals surface area contributed by atoms with Crippen LogP contribution in [0.2, 0.25) is 5.02 Å². The summed E-state index contributed by atoms with van der Waals surface area (Å²) in [6, 6.07) is 2.21. The predicted molar refractivity (Wildman–Crippen MR) is 54.8 cm³/mol. The van der Waals surface area contributed by atoms with Crippen LogP contribution in [0.4, 0.5) is 18.9 Å². The van der Waals surface area contributed by atoms with Crippen LogP contribution >= 0.6 is 22.3 Å². The van der Waals surface area contributed by atoms with Crippen LogP contribution < -0.4 is 4.72 Å². The van der Waals surface area contributed by atoms with Gasteiger partial charge in [0.05, 0.1) is 16.3 Å². The third kappa shape index (κ3) is 3.73. The first-order valence-corrected chi connectivity index (χ1v) is 6.37. The summed E-state index contributed by atoms with van der Waals surface area (Å²) in [6.07, 6.45) is -4.59. The number of nitrogens with one attached hydrogen (secondary N) is 1. The van der Waals surface area contributed by atoms with Crippen molar-refractivity contribution in [1.29, 1.82) is 0 Å². The van der Waals surface area contributed by atoms with Gasteiger partial charge in [0.15, 0.2) is 0 Å². The first-order chi connectivity index (χ1) is 7.09. The highest BCUT2D eigenvalue weighted by atomic mass is 35.7. The first kappa shape index (κ1) is 13.4. The molecule has 1 aromatic carbocycles. The average Bonchev–Trinajstić information content (AvgIpc) is 2.04. The van der Waals surface area contributed by atoms with E-state index in [1.807, 2.05) is 0 Å². The molecule has 0 aliphatic heterocycles. The highest BCUT2D eigenvalue weighted by Crippen LogP contribution is 2.34. The second-order valence-corrected chi connectivity index (χ2v) is 5.44. The Bertz CT molecular complexity index is 501. The lowest BCUT2D eigenvalue weighted by Gasteiger charge is -2.10. The molecule has 0 amide bonds. The van der Waals surface area contributed by atoms with Crippen LogP contribution in [0.15, 0.2) is 18.2 Å². The monoisotopic (exact) mass is 293 g/mol. The van der Waals surface area contributed by atoms with E-state index in [0.717, 1.165) is 12.1 Å². The van der Waals surface area contributed by atoms with E-state index in [4.69, 9.17) is 22.3 Å². The molecule has 9 heteroatoms. The molecule has 0 saturated carbocycles.